The zero-order valence-corrected chi connectivity index (χ0v) is 21.6. The number of aromatic nitrogens is 6. The Hall–Kier alpha value is -4.05. The highest BCUT2D eigenvalue weighted by molar-refractivity contribution is 5.92. The molecule has 38 heavy (non-hydrogen) atoms. The number of aryl methyl sites for hydroxylation is 1. The lowest BCUT2D eigenvalue weighted by molar-refractivity contribution is -0.120. The van der Waals surface area contributed by atoms with E-state index in [1.54, 1.807) is 13.4 Å². The molecule has 6 rings (SSSR count). The van der Waals surface area contributed by atoms with Crippen LogP contribution >= 0.6 is 0 Å². The van der Waals surface area contributed by atoms with Crippen LogP contribution in [0.3, 0.4) is 0 Å². The summed E-state index contributed by atoms with van der Waals surface area (Å²) in [5.41, 5.74) is 3.99. The van der Waals surface area contributed by atoms with Crippen LogP contribution in [0, 0.1) is 12.8 Å². The second kappa shape index (κ2) is 10.4. The maximum Gasteiger partial charge on any atom is 0.238 e. The summed E-state index contributed by atoms with van der Waals surface area (Å²) in [6.07, 6.45) is 8.65. The van der Waals surface area contributed by atoms with Crippen molar-refractivity contribution in [1.82, 2.24) is 29.3 Å². The maximum atomic E-state index is 12.8. The Morgan fingerprint density at radius 3 is 2.79 bits per heavy atom. The monoisotopic (exact) mass is 513 g/mol. The van der Waals surface area contributed by atoms with E-state index in [1.807, 2.05) is 58.8 Å². The van der Waals surface area contributed by atoms with E-state index >= 15 is 0 Å². The topological polar surface area (TPSA) is 109 Å². The van der Waals surface area contributed by atoms with Crippen molar-refractivity contribution in [3.8, 4) is 23.1 Å². The van der Waals surface area contributed by atoms with Gasteiger partial charge >= 0.3 is 0 Å². The maximum absolute atomic E-state index is 12.8. The summed E-state index contributed by atoms with van der Waals surface area (Å²) >= 11 is 0. The number of pyridine rings is 1. The lowest BCUT2D eigenvalue weighted by Gasteiger charge is -2.24. The number of anilines is 1. The minimum atomic E-state index is -0.397. The van der Waals surface area contributed by atoms with Crippen molar-refractivity contribution in [1.29, 1.82) is 0 Å². The van der Waals surface area contributed by atoms with Crippen molar-refractivity contribution in [2.24, 2.45) is 5.92 Å². The van der Waals surface area contributed by atoms with E-state index in [0.29, 0.717) is 36.4 Å². The fourth-order valence-electron chi connectivity index (χ4n) is 5.24. The molecule has 1 fully saturated rings. The number of rotatable bonds is 6. The summed E-state index contributed by atoms with van der Waals surface area (Å²) in [5.74, 6) is 1.87. The van der Waals surface area contributed by atoms with Crippen LogP contribution in [0.2, 0.25) is 0 Å². The molecule has 2 aliphatic rings. The van der Waals surface area contributed by atoms with Crippen molar-refractivity contribution in [3.05, 3.63) is 66.0 Å². The summed E-state index contributed by atoms with van der Waals surface area (Å²) in [7, 11) is 1.59. The number of benzene rings is 1. The molecule has 10 heteroatoms. The molecule has 1 aliphatic carbocycles. The van der Waals surface area contributed by atoms with Gasteiger partial charge in [0.1, 0.15) is 17.5 Å². The quantitative estimate of drug-likeness (QED) is 0.405. The van der Waals surface area contributed by atoms with Crippen molar-refractivity contribution in [2.75, 3.05) is 19.0 Å². The zero-order chi connectivity index (χ0) is 26.1. The van der Waals surface area contributed by atoms with E-state index in [9.17, 15) is 4.79 Å². The van der Waals surface area contributed by atoms with Gasteiger partial charge in [0, 0.05) is 17.8 Å². The highest BCUT2D eigenvalue weighted by Crippen LogP contribution is 2.32. The molecule has 1 amide bonds. The first kappa shape index (κ1) is 24.3. The Bertz CT molecular complexity index is 1450. The van der Waals surface area contributed by atoms with E-state index < -0.39 is 6.10 Å². The van der Waals surface area contributed by atoms with Gasteiger partial charge in [0.2, 0.25) is 11.8 Å². The Morgan fingerprint density at radius 2 is 2.00 bits per heavy atom. The van der Waals surface area contributed by atoms with Crippen molar-refractivity contribution in [2.45, 2.75) is 51.7 Å². The highest BCUT2D eigenvalue weighted by atomic mass is 16.5. The average molecular weight is 514 g/mol. The Balaban J connectivity index is 1.26. The van der Waals surface area contributed by atoms with E-state index in [0.717, 1.165) is 48.3 Å². The normalized spacial score (nSPS) is 17.7. The molecule has 10 nitrogen and oxygen atoms in total. The number of carbonyl (C=O) groups is 1. The van der Waals surface area contributed by atoms with Crippen LogP contribution in [0.1, 0.15) is 55.3 Å². The van der Waals surface area contributed by atoms with Crippen LogP contribution in [0.5, 0.6) is 5.88 Å². The third-order valence-corrected chi connectivity index (χ3v) is 7.21. The van der Waals surface area contributed by atoms with Gasteiger partial charge in [0.05, 0.1) is 32.3 Å². The van der Waals surface area contributed by atoms with Crippen LogP contribution < -0.4 is 10.1 Å². The molecular weight excluding hydrogens is 482 g/mol. The summed E-state index contributed by atoms with van der Waals surface area (Å²) in [6.45, 7) is 3.04. The Labute approximate surface area is 221 Å². The fourth-order valence-corrected chi connectivity index (χ4v) is 5.24. The van der Waals surface area contributed by atoms with E-state index in [1.165, 1.54) is 6.42 Å². The number of carbonyl (C=O) groups excluding carboxylic acids is 1. The lowest BCUT2D eigenvalue weighted by atomic mass is 9.88. The minimum Gasteiger partial charge on any atom is -0.479 e. The smallest absolute Gasteiger partial charge is 0.238 e. The Kier molecular flexibility index (Phi) is 6.63. The summed E-state index contributed by atoms with van der Waals surface area (Å²) in [4.78, 5) is 26.6. The second-order valence-corrected chi connectivity index (χ2v) is 9.86. The van der Waals surface area contributed by atoms with Crippen LogP contribution in [0.15, 0.2) is 48.9 Å². The Morgan fingerprint density at radius 1 is 1.13 bits per heavy atom. The molecule has 1 N–H and O–H groups in total. The molecule has 1 atom stereocenters. The third-order valence-electron chi connectivity index (χ3n) is 7.21. The number of hydrogen-bond donors (Lipinski definition) is 1. The summed E-state index contributed by atoms with van der Waals surface area (Å²) in [6, 6.07) is 11.6. The molecule has 1 aromatic carbocycles. The van der Waals surface area contributed by atoms with Gasteiger partial charge in [0.25, 0.3) is 0 Å². The van der Waals surface area contributed by atoms with Crippen LogP contribution in [-0.2, 0) is 16.1 Å². The standard InChI is InChI=1S/C28H31N7O3/c1-18-16-34(17-29-18)23-12-11-22(31-28(23)37-2)25-32-26-24(38-14-13-35(26)33-25)20-9-6-10-21(15-20)30-27(36)19-7-4-3-5-8-19/h6,9-12,15-17,19,24H,3-5,7-8,13-14H2,1-2H3,(H,30,36)/t24-/m1/s1. The SMILES string of the molecule is COc1nc(-c2nc3n(n2)CCO[C@@H]3c2cccc(NC(=O)C3CCCCC3)c2)ccc1-n1cnc(C)c1. The lowest BCUT2D eigenvalue weighted by Crippen LogP contribution is -2.25. The first-order valence-electron chi connectivity index (χ1n) is 13.1. The largest absolute Gasteiger partial charge is 0.479 e. The first-order valence-corrected chi connectivity index (χ1v) is 13.1. The van der Waals surface area contributed by atoms with Gasteiger partial charge in [-0.15, -0.1) is 5.10 Å². The molecule has 1 aliphatic heterocycles. The number of amides is 1. The number of imidazole rings is 1. The fraction of sp³-hybridized carbons (Fsp3) is 0.393. The van der Waals surface area contributed by atoms with E-state index in [4.69, 9.17) is 19.6 Å². The van der Waals surface area contributed by atoms with Crippen molar-refractivity contribution in [3.63, 3.8) is 0 Å². The molecule has 0 unspecified atom stereocenters. The summed E-state index contributed by atoms with van der Waals surface area (Å²) in [5, 5.41) is 7.84. The average Bonchev–Trinajstić information content (AvgIpc) is 3.59. The van der Waals surface area contributed by atoms with Crippen LogP contribution in [0.4, 0.5) is 5.69 Å². The molecule has 0 saturated heterocycles. The molecule has 0 radical (unpaired) electrons. The van der Waals surface area contributed by atoms with E-state index in [2.05, 4.69) is 15.3 Å². The van der Waals surface area contributed by atoms with Crippen molar-refractivity contribution < 1.29 is 14.3 Å². The van der Waals surface area contributed by atoms with Gasteiger partial charge < -0.3 is 19.4 Å². The molecule has 4 aromatic rings. The minimum absolute atomic E-state index is 0.0951. The molecule has 0 bridgehead atoms. The van der Waals surface area contributed by atoms with E-state index in [-0.39, 0.29) is 11.8 Å². The van der Waals surface area contributed by atoms with Gasteiger partial charge in [-0.05, 0) is 49.6 Å². The number of fused-ring (bicyclic) bond motifs is 1. The van der Waals surface area contributed by atoms with Crippen molar-refractivity contribution >= 4 is 11.6 Å². The van der Waals surface area contributed by atoms with Crippen LogP contribution in [-0.4, -0.2) is 48.9 Å². The predicted molar refractivity (Wildman–Crippen MR) is 141 cm³/mol. The molecule has 3 aromatic heterocycles. The molecular formula is C28H31N7O3. The van der Waals surface area contributed by atoms with Crippen LogP contribution in [0.25, 0.3) is 17.2 Å². The first-order chi connectivity index (χ1) is 18.6. The highest BCUT2D eigenvalue weighted by Gasteiger charge is 2.28. The molecule has 196 valence electrons. The zero-order valence-electron chi connectivity index (χ0n) is 21.6. The number of methoxy groups -OCH3 is 1. The third kappa shape index (κ3) is 4.79. The summed E-state index contributed by atoms with van der Waals surface area (Å²) < 4.78 is 15.5. The van der Waals surface area contributed by atoms with Gasteiger partial charge in [-0.1, -0.05) is 31.4 Å². The number of ether oxygens (including phenoxy) is 2. The second-order valence-electron chi connectivity index (χ2n) is 9.86. The van der Waals surface area contributed by atoms with Gasteiger partial charge in [0.15, 0.2) is 11.6 Å². The number of nitrogens with one attached hydrogen (secondary N) is 1. The molecule has 0 spiro atoms. The van der Waals surface area contributed by atoms with Gasteiger partial charge in [-0.25, -0.2) is 19.6 Å². The predicted octanol–water partition coefficient (Wildman–Crippen LogP) is 4.48. The number of nitrogens with zero attached hydrogens (tertiary/aromatic N) is 6. The number of hydrogen-bond acceptors (Lipinski definition) is 7. The molecule has 4 heterocycles. The van der Waals surface area contributed by atoms with Gasteiger partial charge in [-0.2, -0.15) is 0 Å². The molecule has 1 saturated carbocycles. The van der Waals surface area contributed by atoms with Gasteiger partial charge in [-0.3, -0.25) is 4.79 Å².